The third-order valence-electron chi connectivity index (χ3n) is 5.59. The first-order chi connectivity index (χ1) is 15.1. The van der Waals surface area contributed by atoms with Crippen molar-refractivity contribution >= 4 is 35.6 Å². The molecule has 0 radical (unpaired) electrons. The molecular weight excluding hydrogens is 520 g/mol. The molecule has 0 aromatic heterocycles. The van der Waals surface area contributed by atoms with Crippen LogP contribution in [0.3, 0.4) is 0 Å². The summed E-state index contributed by atoms with van der Waals surface area (Å²) in [6.07, 6.45) is 0.916. The second kappa shape index (κ2) is 13.6. The van der Waals surface area contributed by atoms with Crippen LogP contribution in [0.5, 0.6) is 0 Å². The maximum absolute atomic E-state index is 13.4. The third kappa shape index (κ3) is 7.90. The Morgan fingerprint density at radius 2 is 1.72 bits per heavy atom. The number of anilines is 1. The Balaban J connectivity index is 0.00000363. The van der Waals surface area contributed by atoms with Crippen LogP contribution in [-0.4, -0.2) is 71.4 Å². The van der Waals surface area contributed by atoms with Crippen LogP contribution < -0.4 is 15.5 Å². The molecule has 8 heteroatoms. The second-order valence-electron chi connectivity index (χ2n) is 7.91. The second-order valence-corrected chi connectivity index (χ2v) is 7.91. The molecule has 2 aromatic rings. The van der Waals surface area contributed by atoms with E-state index in [0.29, 0.717) is 6.54 Å². The number of guanidine groups is 1. The number of aliphatic imine (C=N–C) groups is 1. The molecule has 0 saturated carbocycles. The van der Waals surface area contributed by atoms with Crippen LogP contribution in [0.15, 0.2) is 53.5 Å². The van der Waals surface area contributed by atoms with Crippen molar-refractivity contribution in [3.05, 3.63) is 65.5 Å². The highest BCUT2D eigenvalue weighted by Crippen LogP contribution is 2.21. The fourth-order valence-electron chi connectivity index (χ4n) is 3.73. The molecule has 1 unspecified atom stereocenters. The first-order valence-electron chi connectivity index (χ1n) is 10.8. The normalized spacial score (nSPS) is 15.6. The number of hydrogen-bond acceptors (Lipinski definition) is 4. The van der Waals surface area contributed by atoms with Gasteiger partial charge in [-0.2, -0.15) is 0 Å². The Hall–Kier alpha value is -1.91. The van der Waals surface area contributed by atoms with E-state index in [2.05, 4.69) is 49.7 Å². The maximum atomic E-state index is 13.4. The molecule has 0 aliphatic carbocycles. The highest BCUT2D eigenvalue weighted by atomic mass is 127. The minimum absolute atomic E-state index is 0. The molecule has 32 heavy (non-hydrogen) atoms. The molecule has 0 amide bonds. The molecule has 1 saturated heterocycles. The molecule has 1 heterocycles. The van der Waals surface area contributed by atoms with Crippen molar-refractivity contribution in [3.8, 4) is 0 Å². The van der Waals surface area contributed by atoms with Crippen LogP contribution in [0, 0.1) is 5.82 Å². The average molecular weight is 555 g/mol. The van der Waals surface area contributed by atoms with Gasteiger partial charge in [-0.25, -0.2) is 4.39 Å². The summed E-state index contributed by atoms with van der Waals surface area (Å²) in [6.45, 7) is 4.63. The van der Waals surface area contributed by atoms with Crippen LogP contribution in [0.2, 0.25) is 0 Å². The minimum atomic E-state index is -0.214. The largest absolute Gasteiger partial charge is 0.379 e. The summed E-state index contributed by atoms with van der Waals surface area (Å²) < 4.78 is 18.9. The fraction of sp³-hybridized carbons (Fsp3) is 0.458. The molecule has 1 atom stereocenters. The molecule has 2 aromatic carbocycles. The van der Waals surface area contributed by atoms with Crippen molar-refractivity contribution in [1.29, 1.82) is 0 Å². The van der Waals surface area contributed by atoms with Crippen LogP contribution in [0.4, 0.5) is 10.1 Å². The zero-order chi connectivity index (χ0) is 22.1. The van der Waals surface area contributed by atoms with Gasteiger partial charge >= 0.3 is 0 Å². The SMILES string of the molecule is CN=C(NCCc1ccc(N(C)C)cc1)NCC(c1ccc(F)cc1)N1CCOCC1.I. The van der Waals surface area contributed by atoms with Gasteiger partial charge in [0.2, 0.25) is 0 Å². The lowest BCUT2D eigenvalue weighted by atomic mass is 10.0. The molecule has 1 aliphatic heterocycles. The van der Waals surface area contributed by atoms with E-state index in [0.717, 1.165) is 50.8 Å². The number of benzene rings is 2. The van der Waals surface area contributed by atoms with Crippen LogP contribution in [-0.2, 0) is 11.2 Å². The highest BCUT2D eigenvalue weighted by Gasteiger charge is 2.23. The summed E-state index contributed by atoms with van der Waals surface area (Å²) in [4.78, 5) is 8.84. The first-order valence-corrected chi connectivity index (χ1v) is 10.8. The number of nitrogens with one attached hydrogen (secondary N) is 2. The summed E-state index contributed by atoms with van der Waals surface area (Å²) in [5, 5.41) is 6.85. The van der Waals surface area contributed by atoms with Crippen molar-refractivity contribution in [2.75, 3.05) is 65.4 Å². The van der Waals surface area contributed by atoms with Gasteiger partial charge in [0.05, 0.1) is 19.3 Å². The van der Waals surface area contributed by atoms with E-state index in [1.807, 2.05) is 26.2 Å². The van der Waals surface area contributed by atoms with E-state index in [-0.39, 0.29) is 35.8 Å². The van der Waals surface area contributed by atoms with E-state index >= 15 is 0 Å². The number of hydrogen-bond donors (Lipinski definition) is 2. The molecule has 1 fully saturated rings. The van der Waals surface area contributed by atoms with Gasteiger partial charge in [-0.15, -0.1) is 24.0 Å². The minimum Gasteiger partial charge on any atom is -0.379 e. The summed E-state index contributed by atoms with van der Waals surface area (Å²) in [6, 6.07) is 15.5. The van der Waals surface area contributed by atoms with Gasteiger partial charge in [0.1, 0.15) is 5.82 Å². The van der Waals surface area contributed by atoms with Gasteiger partial charge in [-0.1, -0.05) is 24.3 Å². The first kappa shape index (κ1) is 26.3. The molecule has 3 rings (SSSR count). The lowest BCUT2D eigenvalue weighted by Gasteiger charge is -2.35. The quantitative estimate of drug-likeness (QED) is 0.298. The standard InChI is InChI=1S/C24H34FN5O.HI/c1-26-24(27-13-12-19-4-10-22(11-5-19)29(2)3)28-18-23(30-14-16-31-17-15-30)20-6-8-21(25)9-7-20;/h4-11,23H,12-18H2,1-3H3,(H2,26,27,28);1H. The number of halogens is 2. The van der Waals surface area contributed by atoms with E-state index in [9.17, 15) is 4.39 Å². The molecule has 176 valence electrons. The van der Waals surface area contributed by atoms with Crippen molar-refractivity contribution in [1.82, 2.24) is 15.5 Å². The lowest BCUT2D eigenvalue weighted by Crippen LogP contribution is -2.46. The monoisotopic (exact) mass is 555 g/mol. The summed E-state index contributed by atoms with van der Waals surface area (Å²) in [7, 11) is 5.87. The third-order valence-corrected chi connectivity index (χ3v) is 5.59. The van der Waals surface area contributed by atoms with Gasteiger partial charge in [-0.3, -0.25) is 9.89 Å². The van der Waals surface area contributed by atoms with Crippen LogP contribution in [0.25, 0.3) is 0 Å². The Morgan fingerprint density at radius 3 is 2.31 bits per heavy atom. The van der Waals surface area contributed by atoms with Gasteiger partial charge in [0.15, 0.2) is 5.96 Å². The zero-order valence-corrected chi connectivity index (χ0v) is 21.5. The Kier molecular flexibility index (Phi) is 11.2. The summed E-state index contributed by atoms with van der Waals surface area (Å²) >= 11 is 0. The van der Waals surface area contributed by atoms with Gasteiger partial charge < -0.3 is 20.3 Å². The molecule has 6 nitrogen and oxygen atoms in total. The van der Waals surface area contributed by atoms with E-state index < -0.39 is 0 Å². The number of rotatable bonds is 8. The van der Waals surface area contributed by atoms with Crippen molar-refractivity contribution in [2.24, 2.45) is 4.99 Å². The number of ether oxygens (including phenoxy) is 1. The number of morpholine rings is 1. The molecule has 0 bridgehead atoms. The smallest absolute Gasteiger partial charge is 0.191 e. The molecular formula is C24H35FIN5O. The topological polar surface area (TPSA) is 52.1 Å². The van der Waals surface area contributed by atoms with Crippen molar-refractivity contribution in [3.63, 3.8) is 0 Å². The van der Waals surface area contributed by atoms with Crippen LogP contribution in [0.1, 0.15) is 17.2 Å². The van der Waals surface area contributed by atoms with Crippen molar-refractivity contribution in [2.45, 2.75) is 12.5 Å². The highest BCUT2D eigenvalue weighted by molar-refractivity contribution is 14.0. The Bertz CT molecular complexity index is 823. The average Bonchev–Trinajstić information content (AvgIpc) is 2.80. The lowest BCUT2D eigenvalue weighted by molar-refractivity contribution is 0.0170. The fourth-order valence-corrected chi connectivity index (χ4v) is 3.73. The van der Waals surface area contributed by atoms with Gasteiger partial charge in [0.25, 0.3) is 0 Å². The van der Waals surface area contributed by atoms with Crippen molar-refractivity contribution < 1.29 is 9.13 Å². The van der Waals surface area contributed by atoms with E-state index in [1.54, 1.807) is 7.05 Å². The predicted molar refractivity (Wildman–Crippen MR) is 141 cm³/mol. The van der Waals surface area contributed by atoms with Crippen LogP contribution >= 0.6 is 24.0 Å². The van der Waals surface area contributed by atoms with Gasteiger partial charge in [-0.05, 0) is 41.8 Å². The van der Waals surface area contributed by atoms with E-state index in [4.69, 9.17) is 4.74 Å². The molecule has 0 spiro atoms. The Morgan fingerprint density at radius 1 is 1.06 bits per heavy atom. The predicted octanol–water partition coefficient (Wildman–Crippen LogP) is 3.29. The molecule has 1 aliphatic rings. The summed E-state index contributed by atoms with van der Waals surface area (Å²) in [5.41, 5.74) is 3.57. The Labute approximate surface area is 208 Å². The summed E-state index contributed by atoms with van der Waals surface area (Å²) in [5.74, 6) is 0.554. The molecule has 2 N–H and O–H groups in total. The van der Waals surface area contributed by atoms with Gasteiger partial charge in [0, 0.05) is 53.0 Å². The number of nitrogens with zero attached hydrogens (tertiary/aromatic N) is 3. The maximum Gasteiger partial charge on any atom is 0.191 e. The van der Waals surface area contributed by atoms with E-state index in [1.165, 1.54) is 23.4 Å². The zero-order valence-electron chi connectivity index (χ0n) is 19.2.